The third-order valence-electron chi connectivity index (χ3n) is 4.12. The van der Waals surface area contributed by atoms with Crippen LogP contribution in [0.4, 0.5) is 5.69 Å². The number of rotatable bonds is 2. The minimum Gasteiger partial charge on any atom is -0.426 e. The SMILES string of the molecule is Cc1cc2c(c(=O)n1C)[C@@H](c1ccc([N+](=O)[O-])cc1)CC(=O)O2. The first-order valence-electron chi connectivity index (χ1n) is 7.04. The highest BCUT2D eigenvalue weighted by molar-refractivity contribution is 5.77. The number of hydrogen-bond donors (Lipinski definition) is 0. The summed E-state index contributed by atoms with van der Waals surface area (Å²) < 4.78 is 6.70. The van der Waals surface area contributed by atoms with Gasteiger partial charge in [0.15, 0.2) is 0 Å². The molecule has 1 atom stereocenters. The largest absolute Gasteiger partial charge is 0.426 e. The Kier molecular flexibility index (Phi) is 3.48. The summed E-state index contributed by atoms with van der Waals surface area (Å²) >= 11 is 0. The number of pyridine rings is 1. The standard InChI is InChI=1S/C16H14N2O5/c1-9-7-13-15(16(20)17(9)2)12(8-14(19)23-13)10-3-5-11(6-4-10)18(21)22/h3-7,12H,8H2,1-2H3/t12-/m1/s1. The minimum absolute atomic E-state index is 0.0309. The van der Waals surface area contributed by atoms with Crippen LogP contribution in [0.3, 0.4) is 0 Å². The fourth-order valence-electron chi connectivity index (χ4n) is 2.76. The normalized spacial score (nSPS) is 16.6. The predicted molar refractivity (Wildman–Crippen MR) is 81.6 cm³/mol. The zero-order valence-corrected chi connectivity index (χ0v) is 12.6. The van der Waals surface area contributed by atoms with Crippen LogP contribution in [0.5, 0.6) is 5.75 Å². The van der Waals surface area contributed by atoms with Crippen LogP contribution in [0.25, 0.3) is 0 Å². The molecule has 0 bridgehead atoms. The van der Waals surface area contributed by atoms with Gasteiger partial charge in [0, 0.05) is 36.9 Å². The molecular weight excluding hydrogens is 300 g/mol. The summed E-state index contributed by atoms with van der Waals surface area (Å²) in [7, 11) is 1.65. The van der Waals surface area contributed by atoms with Crippen LogP contribution < -0.4 is 10.3 Å². The van der Waals surface area contributed by atoms with E-state index >= 15 is 0 Å². The molecule has 1 aromatic heterocycles. The van der Waals surface area contributed by atoms with Crippen LogP contribution in [0.1, 0.15) is 29.2 Å². The Labute approximate surface area is 131 Å². The average Bonchev–Trinajstić information content (AvgIpc) is 2.52. The molecule has 2 heterocycles. The highest BCUT2D eigenvalue weighted by atomic mass is 16.6. The maximum atomic E-state index is 12.6. The molecule has 0 unspecified atom stereocenters. The van der Waals surface area contributed by atoms with Gasteiger partial charge < -0.3 is 9.30 Å². The van der Waals surface area contributed by atoms with Gasteiger partial charge in [0.2, 0.25) is 0 Å². The van der Waals surface area contributed by atoms with Crippen molar-refractivity contribution in [3.05, 3.63) is 67.6 Å². The number of ether oxygens (including phenoxy) is 1. The molecule has 118 valence electrons. The number of hydrogen-bond acceptors (Lipinski definition) is 5. The van der Waals surface area contributed by atoms with E-state index in [4.69, 9.17) is 4.74 Å². The number of aryl methyl sites for hydroxylation is 1. The maximum Gasteiger partial charge on any atom is 0.312 e. The van der Waals surface area contributed by atoms with Gasteiger partial charge in [0.1, 0.15) is 5.75 Å². The first-order valence-corrected chi connectivity index (χ1v) is 7.04. The number of benzene rings is 1. The molecule has 3 rings (SSSR count). The van der Waals surface area contributed by atoms with Crippen molar-refractivity contribution in [2.24, 2.45) is 7.05 Å². The van der Waals surface area contributed by atoms with Gasteiger partial charge >= 0.3 is 5.97 Å². The van der Waals surface area contributed by atoms with Crippen molar-refractivity contribution in [1.82, 2.24) is 4.57 Å². The van der Waals surface area contributed by atoms with Crippen LogP contribution in [0.15, 0.2) is 35.1 Å². The number of carbonyl (C=O) groups excluding carboxylic acids is 1. The highest BCUT2D eigenvalue weighted by Gasteiger charge is 2.32. The van der Waals surface area contributed by atoms with Crippen LogP contribution in [-0.2, 0) is 11.8 Å². The van der Waals surface area contributed by atoms with Gasteiger partial charge in [-0.25, -0.2) is 0 Å². The Balaban J connectivity index is 2.15. The molecule has 0 amide bonds. The van der Waals surface area contributed by atoms with Crippen molar-refractivity contribution in [2.45, 2.75) is 19.3 Å². The van der Waals surface area contributed by atoms with Gasteiger partial charge in [0.05, 0.1) is 16.9 Å². The van der Waals surface area contributed by atoms with Crippen molar-refractivity contribution in [1.29, 1.82) is 0 Å². The monoisotopic (exact) mass is 314 g/mol. The van der Waals surface area contributed by atoms with Crippen molar-refractivity contribution < 1.29 is 14.5 Å². The number of esters is 1. The molecule has 1 aromatic carbocycles. The fourth-order valence-corrected chi connectivity index (χ4v) is 2.76. The van der Waals surface area contributed by atoms with Gasteiger partial charge in [-0.05, 0) is 12.5 Å². The Morgan fingerprint density at radius 1 is 1.26 bits per heavy atom. The quantitative estimate of drug-likeness (QED) is 0.480. The third-order valence-corrected chi connectivity index (χ3v) is 4.12. The lowest BCUT2D eigenvalue weighted by Crippen LogP contribution is -2.31. The molecule has 1 aliphatic heterocycles. The van der Waals surface area contributed by atoms with Crippen LogP contribution in [-0.4, -0.2) is 15.5 Å². The van der Waals surface area contributed by atoms with Gasteiger partial charge in [-0.3, -0.25) is 19.7 Å². The highest BCUT2D eigenvalue weighted by Crippen LogP contribution is 2.37. The molecule has 2 aromatic rings. The summed E-state index contributed by atoms with van der Waals surface area (Å²) in [6.45, 7) is 1.75. The average molecular weight is 314 g/mol. The van der Waals surface area contributed by atoms with Crippen LogP contribution >= 0.6 is 0 Å². The van der Waals surface area contributed by atoms with E-state index in [1.165, 1.54) is 16.7 Å². The van der Waals surface area contributed by atoms with E-state index in [2.05, 4.69) is 0 Å². The van der Waals surface area contributed by atoms with Crippen molar-refractivity contribution >= 4 is 11.7 Å². The molecule has 7 nitrogen and oxygen atoms in total. The van der Waals surface area contributed by atoms with E-state index in [-0.39, 0.29) is 23.4 Å². The lowest BCUT2D eigenvalue weighted by Gasteiger charge is -2.25. The van der Waals surface area contributed by atoms with Gasteiger partial charge in [-0.2, -0.15) is 0 Å². The van der Waals surface area contributed by atoms with E-state index in [0.29, 0.717) is 16.8 Å². The predicted octanol–water partition coefficient (Wildman–Crippen LogP) is 2.04. The number of fused-ring (bicyclic) bond motifs is 1. The molecule has 0 aliphatic carbocycles. The summed E-state index contributed by atoms with van der Waals surface area (Å²) in [5, 5.41) is 10.8. The van der Waals surface area contributed by atoms with E-state index in [0.717, 1.165) is 0 Å². The number of nitro benzene ring substituents is 1. The molecular formula is C16H14N2O5. The van der Waals surface area contributed by atoms with E-state index in [9.17, 15) is 19.7 Å². The second kappa shape index (κ2) is 5.35. The van der Waals surface area contributed by atoms with Crippen molar-refractivity contribution in [3.63, 3.8) is 0 Å². The summed E-state index contributed by atoms with van der Waals surface area (Å²) in [5.41, 5.74) is 1.51. The van der Waals surface area contributed by atoms with Crippen molar-refractivity contribution in [3.8, 4) is 5.75 Å². The van der Waals surface area contributed by atoms with Crippen LogP contribution in [0, 0.1) is 17.0 Å². The molecule has 0 fully saturated rings. The Bertz CT molecular complexity index is 867. The zero-order valence-electron chi connectivity index (χ0n) is 12.6. The Hall–Kier alpha value is -2.96. The topological polar surface area (TPSA) is 91.4 Å². The third kappa shape index (κ3) is 2.50. The lowest BCUT2D eigenvalue weighted by atomic mass is 9.87. The van der Waals surface area contributed by atoms with Gasteiger partial charge in [-0.15, -0.1) is 0 Å². The summed E-state index contributed by atoms with van der Waals surface area (Å²) in [4.78, 5) is 34.7. The second-order valence-electron chi connectivity index (χ2n) is 5.51. The molecule has 0 radical (unpaired) electrons. The van der Waals surface area contributed by atoms with E-state index < -0.39 is 16.8 Å². The molecule has 23 heavy (non-hydrogen) atoms. The summed E-state index contributed by atoms with van der Waals surface area (Å²) in [6, 6.07) is 7.54. The Morgan fingerprint density at radius 3 is 2.52 bits per heavy atom. The minimum atomic E-state index is -0.491. The van der Waals surface area contributed by atoms with Crippen molar-refractivity contribution in [2.75, 3.05) is 0 Å². The molecule has 7 heteroatoms. The number of carbonyl (C=O) groups is 1. The number of non-ortho nitro benzene ring substituents is 1. The second-order valence-corrected chi connectivity index (χ2v) is 5.51. The molecule has 0 N–H and O–H groups in total. The lowest BCUT2D eigenvalue weighted by molar-refractivity contribution is -0.384. The number of nitro groups is 1. The first kappa shape index (κ1) is 15.0. The van der Waals surface area contributed by atoms with E-state index in [1.807, 2.05) is 0 Å². The molecule has 0 saturated heterocycles. The summed E-state index contributed by atoms with van der Waals surface area (Å²) in [5.74, 6) is -0.620. The smallest absolute Gasteiger partial charge is 0.312 e. The van der Waals surface area contributed by atoms with Gasteiger partial charge in [-0.1, -0.05) is 12.1 Å². The number of aromatic nitrogens is 1. The maximum absolute atomic E-state index is 12.6. The van der Waals surface area contributed by atoms with Gasteiger partial charge in [0.25, 0.3) is 11.2 Å². The zero-order chi connectivity index (χ0) is 16.7. The molecule has 0 saturated carbocycles. The fraction of sp³-hybridized carbons (Fsp3) is 0.250. The summed E-state index contributed by atoms with van der Waals surface area (Å²) in [6.07, 6.45) is 0.0309. The van der Waals surface area contributed by atoms with Crippen LogP contribution in [0.2, 0.25) is 0 Å². The number of nitrogens with zero attached hydrogens (tertiary/aromatic N) is 2. The molecule has 0 spiro atoms. The first-order chi connectivity index (χ1) is 10.9. The molecule has 1 aliphatic rings. The Morgan fingerprint density at radius 2 is 1.91 bits per heavy atom. The van der Waals surface area contributed by atoms with E-state index in [1.54, 1.807) is 32.2 Å².